The summed E-state index contributed by atoms with van der Waals surface area (Å²) in [7, 11) is 1.69. The van der Waals surface area contributed by atoms with Gasteiger partial charge in [0.25, 0.3) is 0 Å². The molecule has 2 N–H and O–H groups in total. The van der Waals surface area contributed by atoms with E-state index >= 15 is 0 Å². The Morgan fingerprint density at radius 3 is 2.67 bits per heavy atom. The first kappa shape index (κ1) is 15.9. The lowest BCUT2D eigenvalue weighted by atomic mass is 9.89. The fraction of sp³-hybridized carbons (Fsp3) is 0.556. The Kier molecular flexibility index (Phi) is 6.10. The third kappa shape index (κ3) is 4.77. The molecule has 1 aliphatic carbocycles. The zero-order chi connectivity index (χ0) is 15.1. The van der Waals surface area contributed by atoms with Gasteiger partial charge < -0.3 is 15.2 Å². The van der Waals surface area contributed by atoms with Crippen molar-refractivity contribution in [3.63, 3.8) is 0 Å². The molecular weight excluding hydrogens is 262 g/mol. The van der Waals surface area contributed by atoms with Gasteiger partial charge in [-0.2, -0.15) is 0 Å². The second kappa shape index (κ2) is 8.07. The number of nitrogens with two attached hydrogens (primary N) is 1. The smallest absolute Gasteiger partial charge is 0.124 e. The molecule has 0 spiro atoms. The van der Waals surface area contributed by atoms with Crippen LogP contribution in [0.3, 0.4) is 0 Å². The minimum atomic E-state index is 0.373. The van der Waals surface area contributed by atoms with Gasteiger partial charge in [-0.15, -0.1) is 0 Å². The van der Waals surface area contributed by atoms with Crippen LogP contribution >= 0.6 is 0 Å². The Labute approximate surface area is 127 Å². The monoisotopic (exact) mass is 287 g/mol. The van der Waals surface area contributed by atoms with E-state index in [0.29, 0.717) is 19.3 Å². The van der Waals surface area contributed by atoms with Crippen LogP contribution in [0.1, 0.15) is 43.7 Å². The highest BCUT2D eigenvalue weighted by molar-refractivity contribution is 5.44. The maximum absolute atomic E-state index is 6.07. The van der Waals surface area contributed by atoms with Gasteiger partial charge in [-0.05, 0) is 49.8 Å². The summed E-state index contributed by atoms with van der Waals surface area (Å²) in [5.41, 5.74) is 7.43. The lowest BCUT2D eigenvalue weighted by Gasteiger charge is -2.26. The SMILES string of the molecule is COc1ccc(C#CCN)cc1COC1CCC(C)CC1. The number of hydrogen-bond donors (Lipinski definition) is 1. The molecule has 0 heterocycles. The topological polar surface area (TPSA) is 44.5 Å². The predicted octanol–water partition coefficient (Wildman–Crippen LogP) is 3.10. The van der Waals surface area contributed by atoms with Gasteiger partial charge in [-0.3, -0.25) is 0 Å². The van der Waals surface area contributed by atoms with Crippen LogP contribution in [0.15, 0.2) is 18.2 Å². The number of ether oxygens (including phenoxy) is 2. The van der Waals surface area contributed by atoms with E-state index in [1.807, 2.05) is 18.2 Å². The largest absolute Gasteiger partial charge is 0.496 e. The summed E-state index contributed by atoms with van der Waals surface area (Å²) in [5.74, 6) is 7.63. The van der Waals surface area contributed by atoms with Crippen LogP contribution in [0.25, 0.3) is 0 Å². The third-order valence-electron chi connectivity index (χ3n) is 4.05. The normalized spacial score (nSPS) is 21.5. The molecule has 0 unspecified atom stereocenters. The predicted molar refractivity (Wildman–Crippen MR) is 85.1 cm³/mol. The highest BCUT2D eigenvalue weighted by Gasteiger charge is 2.19. The van der Waals surface area contributed by atoms with Crippen LogP contribution in [0.4, 0.5) is 0 Å². The second-order valence-corrected chi connectivity index (χ2v) is 5.73. The van der Waals surface area contributed by atoms with Gasteiger partial charge in [0.1, 0.15) is 5.75 Å². The molecule has 0 saturated heterocycles. The quantitative estimate of drug-likeness (QED) is 0.865. The molecule has 114 valence electrons. The van der Waals surface area contributed by atoms with Crippen molar-refractivity contribution >= 4 is 0 Å². The Bertz CT molecular complexity index is 508. The second-order valence-electron chi connectivity index (χ2n) is 5.73. The van der Waals surface area contributed by atoms with E-state index in [9.17, 15) is 0 Å². The Balaban J connectivity index is 2.00. The standard InChI is InChI=1S/C18H25NO2/c1-14-5-8-17(9-6-14)21-13-16-12-15(4-3-11-19)7-10-18(16)20-2/h7,10,12,14,17H,5-6,8-9,11,13,19H2,1-2H3. The van der Waals surface area contributed by atoms with E-state index in [1.165, 1.54) is 12.8 Å². The maximum Gasteiger partial charge on any atom is 0.124 e. The molecule has 1 fully saturated rings. The molecule has 0 aliphatic heterocycles. The molecule has 2 rings (SSSR count). The average molecular weight is 287 g/mol. The summed E-state index contributed by atoms with van der Waals surface area (Å²) in [6, 6.07) is 5.93. The zero-order valence-corrected chi connectivity index (χ0v) is 13.0. The summed E-state index contributed by atoms with van der Waals surface area (Å²) in [6.45, 7) is 3.28. The molecule has 0 amide bonds. The fourth-order valence-corrected chi connectivity index (χ4v) is 2.73. The van der Waals surface area contributed by atoms with Gasteiger partial charge in [0.05, 0.1) is 26.4 Å². The zero-order valence-electron chi connectivity index (χ0n) is 13.0. The van der Waals surface area contributed by atoms with Gasteiger partial charge >= 0.3 is 0 Å². The minimum Gasteiger partial charge on any atom is -0.496 e. The van der Waals surface area contributed by atoms with Crippen LogP contribution in [0, 0.1) is 17.8 Å². The fourth-order valence-electron chi connectivity index (χ4n) is 2.73. The molecular formula is C18H25NO2. The van der Waals surface area contributed by atoms with Crippen LogP contribution in [0.2, 0.25) is 0 Å². The summed E-state index contributed by atoms with van der Waals surface area (Å²) >= 11 is 0. The number of benzene rings is 1. The van der Waals surface area contributed by atoms with Crippen molar-refractivity contribution in [2.24, 2.45) is 11.7 Å². The van der Waals surface area contributed by atoms with Crippen molar-refractivity contribution in [1.29, 1.82) is 0 Å². The van der Waals surface area contributed by atoms with Gasteiger partial charge in [-0.1, -0.05) is 18.8 Å². The molecule has 21 heavy (non-hydrogen) atoms. The van der Waals surface area contributed by atoms with E-state index < -0.39 is 0 Å². The Morgan fingerprint density at radius 2 is 2.00 bits per heavy atom. The molecule has 0 bridgehead atoms. The van der Waals surface area contributed by atoms with E-state index in [0.717, 1.165) is 35.6 Å². The first-order chi connectivity index (χ1) is 10.2. The van der Waals surface area contributed by atoms with Crippen molar-refractivity contribution < 1.29 is 9.47 Å². The molecule has 1 aromatic carbocycles. The highest BCUT2D eigenvalue weighted by Crippen LogP contribution is 2.27. The van der Waals surface area contributed by atoms with Crippen LogP contribution in [0.5, 0.6) is 5.75 Å². The summed E-state index contributed by atoms with van der Waals surface area (Å²) in [6.07, 6.45) is 5.24. The van der Waals surface area contributed by atoms with E-state index in [1.54, 1.807) is 7.11 Å². The van der Waals surface area contributed by atoms with Crippen molar-refractivity contribution in [3.8, 4) is 17.6 Å². The summed E-state index contributed by atoms with van der Waals surface area (Å²) < 4.78 is 11.5. The maximum atomic E-state index is 6.07. The van der Waals surface area contributed by atoms with Gasteiger partial charge in [0, 0.05) is 11.1 Å². The average Bonchev–Trinajstić information content (AvgIpc) is 2.52. The van der Waals surface area contributed by atoms with Crippen molar-refractivity contribution in [1.82, 2.24) is 0 Å². The Hall–Kier alpha value is -1.50. The number of rotatable bonds is 4. The first-order valence-electron chi connectivity index (χ1n) is 7.70. The molecule has 0 radical (unpaired) electrons. The summed E-state index contributed by atoms with van der Waals surface area (Å²) in [4.78, 5) is 0. The molecule has 0 atom stereocenters. The van der Waals surface area contributed by atoms with Crippen molar-refractivity contribution in [3.05, 3.63) is 29.3 Å². The number of hydrogen-bond acceptors (Lipinski definition) is 3. The van der Waals surface area contributed by atoms with E-state index in [-0.39, 0.29) is 0 Å². The Morgan fingerprint density at radius 1 is 1.24 bits per heavy atom. The van der Waals surface area contributed by atoms with Crippen molar-refractivity contribution in [2.75, 3.05) is 13.7 Å². The highest BCUT2D eigenvalue weighted by atomic mass is 16.5. The molecule has 1 aliphatic rings. The van der Waals surface area contributed by atoms with Gasteiger partial charge in [0.2, 0.25) is 0 Å². The molecule has 3 nitrogen and oxygen atoms in total. The lowest BCUT2D eigenvalue weighted by molar-refractivity contribution is 0.00801. The minimum absolute atomic E-state index is 0.373. The van der Waals surface area contributed by atoms with Crippen LogP contribution in [-0.4, -0.2) is 19.8 Å². The van der Waals surface area contributed by atoms with E-state index in [4.69, 9.17) is 15.2 Å². The molecule has 1 saturated carbocycles. The molecule has 0 aromatic heterocycles. The first-order valence-corrected chi connectivity index (χ1v) is 7.70. The van der Waals surface area contributed by atoms with Gasteiger partial charge in [0.15, 0.2) is 0 Å². The molecule has 3 heteroatoms. The van der Waals surface area contributed by atoms with E-state index in [2.05, 4.69) is 18.8 Å². The van der Waals surface area contributed by atoms with Crippen LogP contribution < -0.4 is 10.5 Å². The third-order valence-corrected chi connectivity index (χ3v) is 4.05. The van der Waals surface area contributed by atoms with Crippen molar-refractivity contribution in [2.45, 2.75) is 45.3 Å². The van der Waals surface area contributed by atoms with Gasteiger partial charge in [-0.25, -0.2) is 0 Å². The molecule has 1 aromatic rings. The lowest BCUT2D eigenvalue weighted by Crippen LogP contribution is -2.20. The number of methoxy groups -OCH3 is 1. The van der Waals surface area contributed by atoms with Crippen LogP contribution in [-0.2, 0) is 11.3 Å². The summed E-state index contributed by atoms with van der Waals surface area (Å²) in [5, 5.41) is 0.